The van der Waals surface area contributed by atoms with Crippen LogP contribution in [0.3, 0.4) is 0 Å². The van der Waals surface area contributed by atoms with E-state index in [0.717, 1.165) is 23.4 Å². The summed E-state index contributed by atoms with van der Waals surface area (Å²) in [6, 6.07) is 8.96. The van der Waals surface area contributed by atoms with E-state index in [9.17, 15) is 26.0 Å². The van der Waals surface area contributed by atoms with E-state index in [1.165, 1.54) is 19.2 Å². The van der Waals surface area contributed by atoms with Crippen molar-refractivity contribution >= 4 is 22.1 Å². The summed E-state index contributed by atoms with van der Waals surface area (Å²) < 4.78 is 81.6. The Morgan fingerprint density at radius 3 is 2.59 bits per heavy atom. The second-order valence-electron chi connectivity index (χ2n) is 5.39. The maximum atomic E-state index is 13.4. The summed E-state index contributed by atoms with van der Waals surface area (Å²) in [5, 5.41) is 5.11. The quantitative estimate of drug-likeness (QED) is 0.450. The molecule has 0 aliphatic carbocycles. The Morgan fingerprint density at radius 1 is 1.19 bits per heavy atom. The molecular weight excluding hydrogens is 390 g/mol. The molecular formula is C16H11F4N3O3S. The number of hydrogen-bond donors (Lipinski definition) is 0. The number of hydrogen-bond acceptors (Lipinski definition) is 5. The fourth-order valence-corrected chi connectivity index (χ4v) is 3.56. The molecule has 0 amide bonds. The van der Waals surface area contributed by atoms with Crippen LogP contribution in [0, 0.1) is 5.82 Å². The largest absolute Gasteiger partial charge is 0.573 e. The first kappa shape index (κ1) is 18.8. The number of benzene rings is 2. The molecule has 142 valence electrons. The Morgan fingerprint density at radius 2 is 1.89 bits per heavy atom. The van der Waals surface area contributed by atoms with Gasteiger partial charge in [0.2, 0.25) is 0 Å². The zero-order valence-electron chi connectivity index (χ0n) is 13.6. The summed E-state index contributed by atoms with van der Waals surface area (Å²) in [6.07, 6.45) is -3.91. The summed E-state index contributed by atoms with van der Waals surface area (Å²) in [5.74, 6) is -2.13. The third kappa shape index (κ3) is 4.08. The number of sulfonamides is 1. The van der Waals surface area contributed by atoms with Crippen LogP contribution in [0.25, 0.3) is 0 Å². The van der Waals surface area contributed by atoms with Gasteiger partial charge in [0.15, 0.2) is 17.4 Å². The highest BCUT2D eigenvalue weighted by Crippen LogP contribution is 2.28. The van der Waals surface area contributed by atoms with Crippen molar-refractivity contribution in [3.63, 3.8) is 0 Å². The molecule has 6 nitrogen and oxygen atoms in total. The fraction of sp³-hybridized carbons (Fsp3) is 0.125. The van der Waals surface area contributed by atoms with Gasteiger partial charge in [0.05, 0.1) is 6.21 Å². The van der Waals surface area contributed by atoms with Gasteiger partial charge in [-0.2, -0.15) is 13.5 Å². The maximum Gasteiger partial charge on any atom is 0.573 e. The van der Waals surface area contributed by atoms with E-state index in [1.54, 1.807) is 18.2 Å². The van der Waals surface area contributed by atoms with Crippen molar-refractivity contribution in [1.29, 1.82) is 0 Å². The Balaban J connectivity index is 1.86. The molecule has 0 atom stereocenters. The predicted molar refractivity (Wildman–Crippen MR) is 88.6 cm³/mol. The molecule has 11 heteroatoms. The number of halogens is 4. The zero-order chi connectivity index (χ0) is 19.8. The van der Waals surface area contributed by atoms with Gasteiger partial charge in [-0.1, -0.05) is 18.2 Å². The van der Waals surface area contributed by atoms with Crippen LogP contribution in [0.15, 0.2) is 56.9 Å². The number of nitrogens with zero attached hydrogens (tertiary/aromatic N) is 3. The molecule has 0 N–H and O–H groups in total. The molecule has 3 rings (SSSR count). The molecule has 1 aliphatic rings. The van der Waals surface area contributed by atoms with Crippen molar-refractivity contribution in [3.05, 3.63) is 59.4 Å². The molecule has 0 fully saturated rings. The smallest absolute Gasteiger partial charge is 0.403 e. The summed E-state index contributed by atoms with van der Waals surface area (Å²) >= 11 is 0. The first-order chi connectivity index (χ1) is 12.6. The molecule has 0 spiro atoms. The van der Waals surface area contributed by atoms with Crippen LogP contribution in [-0.2, 0) is 10.0 Å². The van der Waals surface area contributed by atoms with Gasteiger partial charge in [-0.05, 0) is 29.8 Å². The van der Waals surface area contributed by atoms with Gasteiger partial charge in [0.25, 0.3) is 10.0 Å². The first-order valence-electron chi connectivity index (χ1n) is 7.34. The number of alkyl halides is 3. The van der Waals surface area contributed by atoms with E-state index in [1.807, 2.05) is 0 Å². The minimum absolute atomic E-state index is 0.0321. The molecule has 2 aromatic rings. The number of fused-ring (bicyclic) bond motifs is 1. The second kappa shape index (κ2) is 6.65. The normalized spacial score (nSPS) is 15.5. The lowest BCUT2D eigenvalue weighted by Gasteiger charge is -2.13. The highest BCUT2D eigenvalue weighted by Gasteiger charge is 2.32. The SMILES string of the molecule is CN(/N=C/c1ccc(F)c(OC(F)(F)F)c1)C1=NS(=O)(=O)c2ccccc21. The number of ether oxygens (including phenoxy) is 1. The monoisotopic (exact) mass is 401 g/mol. The number of rotatable bonds is 3. The minimum atomic E-state index is -5.04. The fourth-order valence-electron chi connectivity index (χ4n) is 2.33. The van der Waals surface area contributed by atoms with Crippen LogP contribution in [-0.4, -0.2) is 38.9 Å². The van der Waals surface area contributed by atoms with Gasteiger partial charge in [0, 0.05) is 12.6 Å². The molecule has 0 unspecified atom stereocenters. The van der Waals surface area contributed by atoms with E-state index >= 15 is 0 Å². The molecule has 1 heterocycles. The van der Waals surface area contributed by atoms with Crippen molar-refractivity contribution in [3.8, 4) is 5.75 Å². The van der Waals surface area contributed by atoms with E-state index in [2.05, 4.69) is 14.2 Å². The van der Waals surface area contributed by atoms with Gasteiger partial charge < -0.3 is 4.74 Å². The van der Waals surface area contributed by atoms with Crippen molar-refractivity contribution in [2.24, 2.45) is 9.50 Å². The Kier molecular flexibility index (Phi) is 4.64. The summed E-state index contributed by atoms with van der Waals surface area (Å²) in [7, 11) is -2.42. The van der Waals surface area contributed by atoms with Crippen LogP contribution < -0.4 is 4.74 Å². The second-order valence-corrected chi connectivity index (χ2v) is 6.96. The van der Waals surface area contributed by atoms with Crippen molar-refractivity contribution in [2.75, 3.05) is 7.05 Å². The Bertz CT molecular complexity index is 1050. The zero-order valence-corrected chi connectivity index (χ0v) is 14.4. The van der Waals surface area contributed by atoms with Crippen molar-refractivity contribution < 1.29 is 30.7 Å². The summed E-state index contributed by atoms with van der Waals surface area (Å²) in [5.41, 5.74) is 0.453. The van der Waals surface area contributed by atoms with Crippen LogP contribution in [0.1, 0.15) is 11.1 Å². The molecule has 0 saturated carbocycles. The van der Waals surface area contributed by atoms with Gasteiger partial charge in [0.1, 0.15) is 4.90 Å². The molecule has 0 radical (unpaired) electrons. The van der Waals surface area contributed by atoms with Gasteiger partial charge in [-0.25, -0.2) is 9.40 Å². The van der Waals surface area contributed by atoms with Crippen LogP contribution >= 0.6 is 0 Å². The lowest BCUT2D eigenvalue weighted by molar-refractivity contribution is -0.275. The Hall–Kier alpha value is -2.95. The van der Waals surface area contributed by atoms with E-state index in [0.29, 0.717) is 5.56 Å². The van der Waals surface area contributed by atoms with Gasteiger partial charge in [-0.3, -0.25) is 0 Å². The third-order valence-electron chi connectivity index (χ3n) is 3.48. The third-order valence-corrected chi connectivity index (χ3v) is 4.81. The number of amidine groups is 1. The topological polar surface area (TPSA) is 71.3 Å². The number of hydrazone groups is 1. The molecule has 1 aliphatic heterocycles. The summed E-state index contributed by atoms with van der Waals surface area (Å²) in [6.45, 7) is 0. The van der Waals surface area contributed by atoms with Gasteiger partial charge >= 0.3 is 6.36 Å². The molecule has 27 heavy (non-hydrogen) atoms. The first-order valence-corrected chi connectivity index (χ1v) is 8.78. The summed E-state index contributed by atoms with van der Waals surface area (Å²) in [4.78, 5) is 0.0321. The van der Waals surface area contributed by atoms with Crippen LogP contribution in [0.2, 0.25) is 0 Å². The van der Waals surface area contributed by atoms with E-state index < -0.39 is 28.0 Å². The highest BCUT2D eigenvalue weighted by atomic mass is 32.2. The Labute approximate surface area is 151 Å². The average molecular weight is 401 g/mol. The average Bonchev–Trinajstić information content (AvgIpc) is 2.86. The van der Waals surface area contributed by atoms with E-state index in [4.69, 9.17) is 0 Å². The molecule has 0 saturated heterocycles. The maximum absolute atomic E-state index is 13.4. The van der Waals surface area contributed by atoms with Gasteiger partial charge in [-0.15, -0.1) is 17.6 Å². The molecule has 0 aromatic heterocycles. The van der Waals surface area contributed by atoms with Crippen molar-refractivity contribution in [1.82, 2.24) is 5.01 Å². The minimum Gasteiger partial charge on any atom is -0.403 e. The molecule has 2 aromatic carbocycles. The van der Waals surface area contributed by atoms with Crippen LogP contribution in [0.5, 0.6) is 5.75 Å². The lowest BCUT2D eigenvalue weighted by atomic mass is 10.2. The van der Waals surface area contributed by atoms with Crippen LogP contribution in [0.4, 0.5) is 17.6 Å². The molecule has 0 bridgehead atoms. The predicted octanol–water partition coefficient (Wildman–Crippen LogP) is 3.14. The van der Waals surface area contributed by atoms with E-state index in [-0.39, 0.29) is 16.3 Å². The lowest BCUT2D eigenvalue weighted by Crippen LogP contribution is -2.21. The van der Waals surface area contributed by atoms with Crippen molar-refractivity contribution in [2.45, 2.75) is 11.3 Å². The standard InChI is InChI=1S/C16H11F4N3O3S/c1-23(15-11-4-2-3-5-14(11)27(24,25)22-15)21-9-10-6-7-12(17)13(8-10)26-16(18,19)20/h2-9H,1H3/b21-9+. The highest BCUT2D eigenvalue weighted by molar-refractivity contribution is 7.90.